The van der Waals surface area contributed by atoms with Gasteiger partial charge in [0.05, 0.1) is 0 Å². The minimum atomic E-state index is -2.73. The highest BCUT2D eigenvalue weighted by Gasteiger charge is 2.24. The van der Waals surface area contributed by atoms with E-state index >= 15 is 0 Å². The number of fused-ring (bicyclic) bond motifs is 1. The van der Waals surface area contributed by atoms with Crippen LogP contribution < -0.4 is 4.90 Å². The highest BCUT2D eigenvalue weighted by atomic mass is 19.3. The van der Waals surface area contributed by atoms with Crippen molar-refractivity contribution in [3.05, 3.63) is 53.6 Å². The predicted molar refractivity (Wildman–Crippen MR) is 94.3 cm³/mol. The largest absolute Gasteiger partial charge is 0.353 e. The third-order valence-electron chi connectivity index (χ3n) is 5.01. The smallest absolute Gasteiger partial charge is 0.299 e. The number of alkyl halides is 2. The first-order chi connectivity index (χ1) is 13.0. The Morgan fingerprint density at radius 3 is 2.30 bits per heavy atom. The van der Waals surface area contributed by atoms with Gasteiger partial charge in [-0.15, -0.1) is 15.3 Å². The van der Waals surface area contributed by atoms with Crippen molar-refractivity contribution in [3.8, 4) is 0 Å². The summed E-state index contributed by atoms with van der Waals surface area (Å²) >= 11 is 0. The number of rotatable bonds is 4. The maximum atomic E-state index is 13.1. The normalized spacial score (nSPS) is 17.0. The highest BCUT2D eigenvalue weighted by Crippen LogP contribution is 2.24. The van der Waals surface area contributed by atoms with E-state index in [1.807, 2.05) is 0 Å². The lowest BCUT2D eigenvalue weighted by Gasteiger charge is -2.38. The van der Waals surface area contributed by atoms with Gasteiger partial charge in [0, 0.05) is 32.2 Å². The SMILES string of the molecule is C[C@H](c1ccc(F)cc1)N1CCN(c2ccc3nnc(C(F)F)n3n2)CC1. The lowest BCUT2D eigenvalue weighted by Crippen LogP contribution is -2.47. The number of piperazine rings is 1. The monoisotopic (exact) mass is 376 g/mol. The average Bonchev–Trinajstić information content (AvgIpc) is 3.12. The summed E-state index contributed by atoms with van der Waals surface area (Å²) in [6, 6.07) is 10.2. The summed E-state index contributed by atoms with van der Waals surface area (Å²) in [5.41, 5.74) is 1.37. The van der Waals surface area contributed by atoms with E-state index in [-0.39, 0.29) is 11.9 Å². The molecule has 3 aromatic rings. The van der Waals surface area contributed by atoms with E-state index in [0.717, 1.165) is 36.3 Å². The van der Waals surface area contributed by atoms with E-state index in [1.54, 1.807) is 24.3 Å². The maximum absolute atomic E-state index is 13.1. The summed E-state index contributed by atoms with van der Waals surface area (Å²) in [5, 5.41) is 11.5. The van der Waals surface area contributed by atoms with Crippen molar-refractivity contribution >= 4 is 11.5 Å². The Hall–Kier alpha value is -2.68. The quantitative estimate of drug-likeness (QED) is 0.700. The van der Waals surface area contributed by atoms with Crippen LogP contribution in [-0.2, 0) is 0 Å². The molecule has 0 radical (unpaired) electrons. The molecule has 27 heavy (non-hydrogen) atoms. The van der Waals surface area contributed by atoms with Crippen LogP contribution in [0.2, 0.25) is 0 Å². The molecule has 0 spiro atoms. The number of aromatic nitrogens is 4. The molecular formula is C18H19F3N6. The number of halogens is 3. The van der Waals surface area contributed by atoms with E-state index in [4.69, 9.17) is 0 Å². The molecule has 4 rings (SSSR count). The van der Waals surface area contributed by atoms with E-state index in [1.165, 1.54) is 12.1 Å². The molecule has 1 atom stereocenters. The van der Waals surface area contributed by atoms with Crippen LogP contribution in [0.5, 0.6) is 0 Å². The van der Waals surface area contributed by atoms with Crippen molar-refractivity contribution in [1.29, 1.82) is 0 Å². The van der Waals surface area contributed by atoms with Gasteiger partial charge in [-0.25, -0.2) is 13.2 Å². The summed E-state index contributed by atoms with van der Waals surface area (Å²) in [4.78, 5) is 4.37. The van der Waals surface area contributed by atoms with Gasteiger partial charge in [0.2, 0.25) is 5.82 Å². The van der Waals surface area contributed by atoms with Gasteiger partial charge in [0.15, 0.2) is 5.65 Å². The van der Waals surface area contributed by atoms with Gasteiger partial charge in [0.25, 0.3) is 6.43 Å². The molecule has 0 amide bonds. The zero-order chi connectivity index (χ0) is 19.0. The van der Waals surface area contributed by atoms with Crippen molar-refractivity contribution in [2.75, 3.05) is 31.1 Å². The van der Waals surface area contributed by atoms with Gasteiger partial charge in [-0.3, -0.25) is 4.90 Å². The van der Waals surface area contributed by atoms with E-state index in [0.29, 0.717) is 11.5 Å². The van der Waals surface area contributed by atoms with Gasteiger partial charge >= 0.3 is 0 Å². The molecule has 1 aromatic carbocycles. The fraction of sp³-hybridized carbons (Fsp3) is 0.389. The summed E-state index contributed by atoms with van der Waals surface area (Å²) in [5.74, 6) is -0.0666. The van der Waals surface area contributed by atoms with Gasteiger partial charge < -0.3 is 4.90 Å². The second kappa shape index (κ2) is 7.15. The Morgan fingerprint density at radius 1 is 0.926 bits per heavy atom. The molecule has 0 saturated carbocycles. The van der Waals surface area contributed by atoms with Crippen LogP contribution in [0.25, 0.3) is 5.65 Å². The lowest BCUT2D eigenvalue weighted by molar-refractivity contribution is 0.137. The molecule has 3 heterocycles. The van der Waals surface area contributed by atoms with Crippen LogP contribution in [0.15, 0.2) is 36.4 Å². The van der Waals surface area contributed by atoms with E-state index < -0.39 is 12.2 Å². The Labute approximate surface area is 154 Å². The first kappa shape index (κ1) is 17.7. The van der Waals surface area contributed by atoms with Gasteiger partial charge in [-0.1, -0.05) is 12.1 Å². The number of benzene rings is 1. The average molecular weight is 376 g/mol. The minimum Gasteiger partial charge on any atom is -0.353 e. The molecule has 1 aliphatic heterocycles. The molecule has 1 fully saturated rings. The molecule has 9 heteroatoms. The molecule has 0 bridgehead atoms. The van der Waals surface area contributed by atoms with Gasteiger partial charge in [-0.2, -0.15) is 4.52 Å². The Morgan fingerprint density at radius 2 is 1.63 bits per heavy atom. The van der Waals surface area contributed by atoms with Crippen LogP contribution in [0.4, 0.5) is 19.0 Å². The number of nitrogens with zero attached hydrogens (tertiary/aromatic N) is 6. The molecule has 0 unspecified atom stereocenters. The summed E-state index contributed by atoms with van der Waals surface area (Å²) in [7, 11) is 0. The topological polar surface area (TPSA) is 49.6 Å². The Balaban J connectivity index is 1.46. The zero-order valence-corrected chi connectivity index (χ0v) is 14.8. The van der Waals surface area contributed by atoms with Gasteiger partial charge in [-0.05, 0) is 36.8 Å². The lowest BCUT2D eigenvalue weighted by atomic mass is 10.1. The van der Waals surface area contributed by atoms with Crippen LogP contribution in [0.3, 0.4) is 0 Å². The molecule has 142 valence electrons. The van der Waals surface area contributed by atoms with Crippen LogP contribution >= 0.6 is 0 Å². The van der Waals surface area contributed by atoms with Crippen molar-refractivity contribution in [3.63, 3.8) is 0 Å². The fourth-order valence-electron chi connectivity index (χ4n) is 3.39. The summed E-state index contributed by atoms with van der Waals surface area (Å²) in [6.07, 6.45) is -2.73. The molecule has 0 N–H and O–H groups in total. The molecule has 0 aliphatic carbocycles. The van der Waals surface area contributed by atoms with Crippen molar-refractivity contribution in [2.45, 2.75) is 19.4 Å². The van der Waals surface area contributed by atoms with Crippen LogP contribution in [0, 0.1) is 5.82 Å². The molecule has 6 nitrogen and oxygen atoms in total. The number of anilines is 1. The minimum absolute atomic E-state index is 0.173. The maximum Gasteiger partial charge on any atom is 0.299 e. The number of hydrogen-bond donors (Lipinski definition) is 0. The van der Waals surface area contributed by atoms with Crippen molar-refractivity contribution < 1.29 is 13.2 Å². The van der Waals surface area contributed by atoms with E-state index in [2.05, 4.69) is 32.0 Å². The second-order valence-electron chi connectivity index (χ2n) is 6.57. The zero-order valence-electron chi connectivity index (χ0n) is 14.8. The standard InChI is InChI=1S/C18H19F3N6/c1-12(13-2-4-14(19)5-3-13)25-8-10-26(11-9-25)16-7-6-15-22-23-18(17(20)21)27(15)24-16/h2-7,12,17H,8-11H2,1H3/t12-/m1/s1. The van der Waals surface area contributed by atoms with Gasteiger partial charge in [0.1, 0.15) is 11.6 Å². The first-order valence-corrected chi connectivity index (χ1v) is 8.78. The third-order valence-corrected chi connectivity index (χ3v) is 5.01. The van der Waals surface area contributed by atoms with E-state index in [9.17, 15) is 13.2 Å². The number of hydrogen-bond acceptors (Lipinski definition) is 5. The Kier molecular flexibility index (Phi) is 4.69. The first-order valence-electron chi connectivity index (χ1n) is 8.78. The summed E-state index contributed by atoms with van der Waals surface area (Å²) < 4.78 is 40.3. The fourth-order valence-corrected chi connectivity index (χ4v) is 3.39. The molecular weight excluding hydrogens is 357 g/mol. The van der Waals surface area contributed by atoms with Crippen molar-refractivity contribution in [1.82, 2.24) is 24.7 Å². The highest BCUT2D eigenvalue weighted by molar-refractivity contribution is 5.46. The van der Waals surface area contributed by atoms with Crippen LogP contribution in [-0.4, -0.2) is 50.9 Å². The summed E-state index contributed by atoms with van der Waals surface area (Å²) in [6.45, 7) is 5.12. The molecule has 2 aromatic heterocycles. The van der Waals surface area contributed by atoms with Crippen molar-refractivity contribution in [2.24, 2.45) is 0 Å². The molecule has 1 aliphatic rings. The third kappa shape index (κ3) is 3.46. The Bertz CT molecular complexity index is 918. The van der Waals surface area contributed by atoms with Crippen LogP contribution in [0.1, 0.15) is 30.8 Å². The predicted octanol–water partition coefficient (Wildman–Crippen LogP) is 3.08. The molecule has 1 saturated heterocycles. The second-order valence-corrected chi connectivity index (χ2v) is 6.57.